The number of hydrogen-bond donors (Lipinski definition) is 5. The number of rotatable bonds is 24. The van der Waals surface area contributed by atoms with Gasteiger partial charge in [0.25, 0.3) is 11.8 Å². The number of nitrogens with zero attached hydrogens (tertiary/aromatic N) is 7. The summed E-state index contributed by atoms with van der Waals surface area (Å²) in [5, 5.41) is 25.3. The Labute approximate surface area is 553 Å². The van der Waals surface area contributed by atoms with E-state index in [0.29, 0.717) is 60.8 Å². The van der Waals surface area contributed by atoms with E-state index >= 15 is 0 Å². The minimum absolute atomic E-state index is 0.0120. The van der Waals surface area contributed by atoms with Crippen LogP contribution in [0.4, 0.5) is 10.9 Å². The molecule has 492 valence electrons. The van der Waals surface area contributed by atoms with E-state index in [9.17, 15) is 37.5 Å². The number of anilines is 2. The Balaban J connectivity index is 0.636. The number of sulfonamides is 1. The summed E-state index contributed by atoms with van der Waals surface area (Å²) in [5.74, 6) is 0.429. The van der Waals surface area contributed by atoms with Crippen LogP contribution in [0.1, 0.15) is 179 Å². The van der Waals surface area contributed by atoms with Gasteiger partial charge in [0, 0.05) is 61.4 Å². The lowest BCUT2D eigenvalue weighted by molar-refractivity contribution is -0.144. The molecule has 6 aliphatic rings. The van der Waals surface area contributed by atoms with Gasteiger partial charge in [0.15, 0.2) is 5.13 Å². The van der Waals surface area contributed by atoms with Gasteiger partial charge >= 0.3 is 0 Å². The van der Waals surface area contributed by atoms with Gasteiger partial charge < -0.3 is 25.5 Å². The molecule has 4 saturated carbocycles. The summed E-state index contributed by atoms with van der Waals surface area (Å²) in [6, 6.07) is 23.0. The van der Waals surface area contributed by atoms with Crippen molar-refractivity contribution in [3.63, 3.8) is 0 Å². The molecular weight excluding hydrogens is 1230 g/mol. The number of aliphatic hydroxyl groups is 1. The van der Waals surface area contributed by atoms with E-state index in [1.807, 2.05) is 131 Å². The number of aromatic nitrogens is 5. The van der Waals surface area contributed by atoms with Crippen LogP contribution in [0.5, 0.6) is 0 Å². The number of thiazole rings is 2. The second-order valence-corrected chi connectivity index (χ2v) is 31.9. The average molecular weight is 1320 g/mol. The van der Waals surface area contributed by atoms with E-state index in [4.69, 9.17) is 10.1 Å². The Hall–Kier alpha value is -7.40. The summed E-state index contributed by atoms with van der Waals surface area (Å²) in [4.78, 5) is 88.6. The Bertz CT molecular complexity index is 3970. The van der Waals surface area contributed by atoms with Gasteiger partial charge in [0.2, 0.25) is 27.7 Å². The number of unbranched alkanes of at least 4 members (excludes halogenated alkanes) is 6. The summed E-state index contributed by atoms with van der Waals surface area (Å²) in [7, 11) is -4.10. The number of benzene rings is 3. The Morgan fingerprint density at radius 1 is 0.796 bits per heavy atom. The number of aryl methyl sites for hydroxylation is 1. The summed E-state index contributed by atoms with van der Waals surface area (Å²) in [6.07, 6.45) is 14.2. The quantitative estimate of drug-likeness (QED) is 0.0354. The normalized spacial score (nSPS) is 21.6. The van der Waals surface area contributed by atoms with Gasteiger partial charge in [-0.25, -0.2) is 28.1 Å². The lowest BCUT2D eigenvalue weighted by Crippen LogP contribution is -2.57. The van der Waals surface area contributed by atoms with Crippen molar-refractivity contribution in [2.45, 2.75) is 182 Å². The molecule has 4 aliphatic carbocycles. The number of hydrogen-bond acceptors (Lipinski definition) is 15. The molecule has 13 rings (SSSR count). The third kappa shape index (κ3) is 14.9. The van der Waals surface area contributed by atoms with Crippen LogP contribution >= 0.6 is 22.7 Å². The van der Waals surface area contributed by atoms with E-state index in [-0.39, 0.29) is 60.0 Å². The fraction of sp³-hybridized carbons (Fsp3) is 0.507. The number of aliphatic hydroxyl groups excluding tert-OH is 1. The van der Waals surface area contributed by atoms with Crippen molar-refractivity contribution in [3.8, 4) is 21.6 Å². The van der Waals surface area contributed by atoms with E-state index in [1.165, 1.54) is 54.8 Å². The van der Waals surface area contributed by atoms with Crippen molar-refractivity contribution in [1.82, 2.24) is 45.0 Å². The number of carbonyl (C=O) groups is 5. The topological polar surface area (TPSA) is 251 Å². The zero-order chi connectivity index (χ0) is 65.3. The minimum Gasteiger partial charge on any atom is -0.391 e. The first-order valence-electron chi connectivity index (χ1n) is 33.3. The molecule has 5 N–H and O–H groups in total. The van der Waals surface area contributed by atoms with E-state index in [0.717, 1.165) is 104 Å². The molecule has 19 nitrogen and oxygen atoms in total. The fourth-order valence-corrected chi connectivity index (χ4v) is 18.5. The molecule has 0 spiro atoms. The molecule has 1 saturated heterocycles. The number of nitrogens with one attached hydrogen (secondary N) is 4. The standard InChI is InChI=1S/C71H87N11O8S3/c1-43(49-22-24-51(25-23-49)63-44(2)72-42-91-63)74-66(86)58-34-52(83)39-81(58)68(88)64(70(4,5)6)77-61(84)21-12-10-8-7-9-11-15-30-93(89,90)79-67(87)62-53(55-38-73-82(45(55)3)41-71-35-46-31-47(36-71)33-48(32-46)37-71)26-27-60(76-62)80-29-28-50-17-16-18-54(56(50)40-80)65(85)78-69-75-57-19-13-14-20-59(57)92-69/h13-14,16-20,22-27,38,42-43,46-48,52,58,64,83H,7-12,15,21,28-37,39-41H2,1-6H3,(H,74,86)(H,77,84)(H,79,87)(H,75,78,85)/t43-,46?,47?,48?,52+,58-,64+,71?/m0/s1. The molecule has 6 heterocycles. The molecule has 93 heavy (non-hydrogen) atoms. The van der Waals surface area contributed by atoms with Gasteiger partial charge in [-0.1, -0.05) is 113 Å². The highest BCUT2D eigenvalue weighted by molar-refractivity contribution is 7.90. The number of likely N-dealkylation sites (tertiary alicyclic amines) is 1. The van der Waals surface area contributed by atoms with Crippen molar-refractivity contribution >= 4 is 83.4 Å². The third-order valence-electron chi connectivity index (χ3n) is 20.1. The molecule has 7 aromatic rings. The highest BCUT2D eigenvalue weighted by atomic mass is 32.2. The number of pyridine rings is 1. The van der Waals surface area contributed by atoms with Gasteiger partial charge in [-0.3, -0.25) is 34.0 Å². The number of para-hydroxylation sites is 1. The first-order valence-corrected chi connectivity index (χ1v) is 36.6. The molecule has 22 heteroatoms. The maximum atomic E-state index is 14.6. The first-order chi connectivity index (χ1) is 44.6. The summed E-state index contributed by atoms with van der Waals surface area (Å²) in [5.41, 5.74) is 9.56. The van der Waals surface area contributed by atoms with E-state index in [1.54, 1.807) is 17.5 Å². The van der Waals surface area contributed by atoms with Crippen LogP contribution in [0, 0.1) is 42.4 Å². The van der Waals surface area contributed by atoms with E-state index < -0.39 is 45.4 Å². The number of carbonyl (C=O) groups excluding carboxylic acids is 5. The van der Waals surface area contributed by atoms with Crippen LogP contribution in [0.15, 0.2) is 90.6 Å². The molecule has 3 aromatic carbocycles. The first kappa shape index (κ1) is 65.7. The van der Waals surface area contributed by atoms with Crippen LogP contribution in [0.3, 0.4) is 0 Å². The second-order valence-electron chi connectivity index (χ2n) is 28.2. The number of fused-ring (bicyclic) bond motifs is 2. The van der Waals surface area contributed by atoms with Crippen molar-refractivity contribution in [3.05, 3.63) is 130 Å². The smallest absolute Gasteiger partial charge is 0.284 e. The van der Waals surface area contributed by atoms with Gasteiger partial charge in [0.05, 0.1) is 50.4 Å². The molecule has 0 unspecified atom stereocenters. The predicted octanol–water partition coefficient (Wildman–Crippen LogP) is 11.9. The zero-order valence-corrected chi connectivity index (χ0v) is 56.7. The van der Waals surface area contributed by atoms with Crippen LogP contribution < -0.4 is 25.6 Å². The molecule has 4 aromatic heterocycles. The lowest BCUT2D eigenvalue weighted by atomic mass is 9.49. The predicted molar refractivity (Wildman–Crippen MR) is 364 cm³/mol. The summed E-state index contributed by atoms with van der Waals surface area (Å²) >= 11 is 2.99. The van der Waals surface area contributed by atoms with Crippen molar-refractivity contribution in [2.75, 3.05) is 29.1 Å². The lowest BCUT2D eigenvalue weighted by Gasteiger charge is -2.56. The summed E-state index contributed by atoms with van der Waals surface area (Å²) < 4.78 is 33.2. The van der Waals surface area contributed by atoms with Crippen LogP contribution in [0.25, 0.3) is 31.8 Å². The Morgan fingerprint density at radius 2 is 1.51 bits per heavy atom. The van der Waals surface area contributed by atoms with Gasteiger partial charge in [0.1, 0.15) is 23.6 Å². The second kappa shape index (κ2) is 27.5. The van der Waals surface area contributed by atoms with Crippen molar-refractivity contribution < 1.29 is 37.5 Å². The molecule has 5 amide bonds. The molecular formula is C71H87N11O8S3. The fourth-order valence-electron chi connectivity index (χ4n) is 15.7. The summed E-state index contributed by atoms with van der Waals surface area (Å²) in [6.45, 7) is 13.2. The molecule has 2 aliphatic heterocycles. The third-order valence-corrected chi connectivity index (χ3v) is 23.4. The van der Waals surface area contributed by atoms with Crippen molar-refractivity contribution in [1.29, 1.82) is 0 Å². The SMILES string of the molecule is Cc1ncsc1-c1ccc([C@H](C)NC(=O)[C@@H]2C[C@@H](O)CN2C(=O)[C@@H](NC(=O)CCCCCCCCCS(=O)(=O)NC(=O)c2nc(N3CCc4cccc(C(=O)Nc5nc6ccccc6s5)c4C3)ccc2-c2cnn(CC34CC5CC(CC(C5)C3)C4)c2C)C(C)(C)C)cc1. The molecule has 0 radical (unpaired) electrons. The van der Waals surface area contributed by atoms with E-state index in [2.05, 4.69) is 35.3 Å². The minimum atomic E-state index is -4.10. The van der Waals surface area contributed by atoms with Gasteiger partial charge in [-0.05, 0) is 160 Å². The van der Waals surface area contributed by atoms with Crippen LogP contribution in [0.2, 0.25) is 0 Å². The highest BCUT2D eigenvalue weighted by Gasteiger charge is 2.51. The number of β-amino-alcohol motifs (C(OH)–C–C–N with tert-alkyl or cyclic N) is 1. The molecule has 4 bridgehead atoms. The maximum absolute atomic E-state index is 14.6. The maximum Gasteiger partial charge on any atom is 0.284 e. The molecule has 4 atom stereocenters. The zero-order valence-electron chi connectivity index (χ0n) is 54.2. The van der Waals surface area contributed by atoms with Gasteiger partial charge in [-0.15, -0.1) is 11.3 Å². The van der Waals surface area contributed by atoms with Crippen LogP contribution in [-0.4, -0.2) is 110 Å². The number of amides is 5. The molecule has 5 fully saturated rings. The average Bonchev–Trinajstić information content (AvgIpc) is 1.25. The monoisotopic (exact) mass is 1320 g/mol. The Morgan fingerprint density at radius 3 is 2.20 bits per heavy atom. The van der Waals surface area contributed by atoms with Crippen LogP contribution in [-0.2, 0) is 43.9 Å². The van der Waals surface area contributed by atoms with Crippen molar-refractivity contribution in [2.24, 2.45) is 28.6 Å². The van der Waals surface area contributed by atoms with Gasteiger partial charge in [-0.2, -0.15) is 5.10 Å². The Kier molecular flexibility index (Phi) is 19.4. The highest BCUT2D eigenvalue weighted by Crippen LogP contribution is 2.60. The largest absolute Gasteiger partial charge is 0.391 e.